The molecule has 0 amide bonds. The van der Waals surface area contributed by atoms with Crippen LogP contribution in [0, 0.1) is 5.82 Å². The maximum Gasteiger partial charge on any atom is 0.173 e. The van der Waals surface area contributed by atoms with Crippen molar-refractivity contribution in [1.82, 2.24) is 9.80 Å². The minimum atomic E-state index is -0.379. The number of rotatable bonds is 5. The minimum Gasteiger partial charge on any atom is -0.494 e. The predicted octanol–water partition coefficient (Wildman–Crippen LogP) is 4.39. The Balaban J connectivity index is 1.47. The average Bonchev–Trinajstić information content (AvgIpc) is 2.67. The third-order valence-corrected chi connectivity index (χ3v) is 5.12. The molecule has 4 nitrogen and oxygen atoms in total. The van der Waals surface area contributed by atoms with Gasteiger partial charge in [-0.3, -0.25) is 4.90 Å². The molecule has 2 aromatic rings. The lowest BCUT2D eigenvalue weighted by Gasteiger charge is -2.36. The van der Waals surface area contributed by atoms with Gasteiger partial charge in [0.05, 0.1) is 11.6 Å². The maximum absolute atomic E-state index is 13.3. The lowest BCUT2D eigenvalue weighted by Crippen LogP contribution is -2.49. The fraction of sp³-hybridized carbons (Fsp3) is 0.350. The summed E-state index contributed by atoms with van der Waals surface area (Å²) < 4.78 is 18.7. The van der Waals surface area contributed by atoms with Gasteiger partial charge < -0.3 is 15.0 Å². The molecule has 1 heterocycles. The van der Waals surface area contributed by atoms with Crippen molar-refractivity contribution in [3.8, 4) is 5.75 Å². The number of nitrogens with one attached hydrogen (secondary N) is 1. The number of nitrogens with zero attached hydrogens (tertiary/aromatic N) is 2. The summed E-state index contributed by atoms with van der Waals surface area (Å²) in [5.74, 6) is 0.472. The Kier molecular flexibility index (Phi) is 6.88. The molecule has 1 fully saturated rings. The van der Waals surface area contributed by atoms with Crippen molar-refractivity contribution in [2.45, 2.75) is 13.5 Å². The summed E-state index contributed by atoms with van der Waals surface area (Å²) in [7, 11) is 0. The van der Waals surface area contributed by atoms with Crippen molar-refractivity contribution in [2.24, 2.45) is 0 Å². The Bertz CT molecular complexity index is 779. The highest BCUT2D eigenvalue weighted by atomic mass is 35.5. The third kappa shape index (κ3) is 5.54. The van der Waals surface area contributed by atoms with Gasteiger partial charge in [0.25, 0.3) is 0 Å². The van der Waals surface area contributed by atoms with Gasteiger partial charge in [0.1, 0.15) is 11.6 Å². The first kappa shape index (κ1) is 19.9. The molecule has 1 N–H and O–H groups in total. The highest BCUT2D eigenvalue weighted by Crippen LogP contribution is 2.19. The van der Waals surface area contributed by atoms with E-state index < -0.39 is 0 Å². The topological polar surface area (TPSA) is 27.7 Å². The molecule has 0 aromatic heterocycles. The van der Waals surface area contributed by atoms with Crippen LogP contribution in [0.4, 0.5) is 10.1 Å². The summed E-state index contributed by atoms with van der Waals surface area (Å²) in [6, 6.07) is 12.7. The SMILES string of the molecule is CCOc1ccc(NC(=S)N2CCN(Cc3ccc(F)c(Cl)c3)CC2)cc1. The second-order valence-electron chi connectivity index (χ2n) is 6.40. The zero-order chi connectivity index (χ0) is 19.2. The zero-order valence-corrected chi connectivity index (χ0v) is 16.8. The van der Waals surface area contributed by atoms with Gasteiger partial charge in [-0.15, -0.1) is 0 Å². The number of halogens is 2. The van der Waals surface area contributed by atoms with Crippen molar-refractivity contribution in [3.63, 3.8) is 0 Å². The van der Waals surface area contributed by atoms with Crippen LogP contribution in [0.25, 0.3) is 0 Å². The molecule has 1 saturated heterocycles. The molecule has 0 radical (unpaired) electrons. The van der Waals surface area contributed by atoms with Crippen molar-refractivity contribution in [2.75, 3.05) is 38.1 Å². The molecule has 27 heavy (non-hydrogen) atoms. The Labute approximate surface area is 169 Å². The van der Waals surface area contributed by atoms with Crippen molar-refractivity contribution in [3.05, 3.63) is 58.9 Å². The van der Waals surface area contributed by atoms with E-state index in [4.69, 9.17) is 28.6 Å². The van der Waals surface area contributed by atoms with Gasteiger partial charge in [0.2, 0.25) is 0 Å². The minimum absolute atomic E-state index is 0.173. The summed E-state index contributed by atoms with van der Waals surface area (Å²) in [5, 5.41) is 4.18. The predicted molar refractivity (Wildman–Crippen MR) is 112 cm³/mol. The molecular formula is C20H23ClFN3OS. The monoisotopic (exact) mass is 407 g/mol. The summed E-state index contributed by atoms with van der Waals surface area (Å²) in [5.41, 5.74) is 1.97. The van der Waals surface area contributed by atoms with Gasteiger partial charge in [-0.2, -0.15) is 0 Å². The highest BCUT2D eigenvalue weighted by Gasteiger charge is 2.19. The number of anilines is 1. The first-order chi connectivity index (χ1) is 13.0. The first-order valence-electron chi connectivity index (χ1n) is 9.00. The first-order valence-corrected chi connectivity index (χ1v) is 9.79. The van der Waals surface area contributed by atoms with Crippen LogP contribution in [0.15, 0.2) is 42.5 Å². The Morgan fingerprint density at radius 1 is 1.15 bits per heavy atom. The molecule has 0 unspecified atom stereocenters. The Morgan fingerprint density at radius 2 is 1.85 bits per heavy atom. The van der Waals surface area contributed by atoms with E-state index >= 15 is 0 Å². The molecule has 0 spiro atoms. The molecule has 144 valence electrons. The molecule has 1 aliphatic heterocycles. The van der Waals surface area contributed by atoms with Crippen molar-refractivity contribution in [1.29, 1.82) is 0 Å². The molecule has 0 aliphatic carbocycles. The van der Waals surface area contributed by atoms with Crippen LogP contribution in [0.2, 0.25) is 5.02 Å². The molecular weight excluding hydrogens is 385 g/mol. The fourth-order valence-corrected chi connectivity index (χ4v) is 3.51. The Morgan fingerprint density at radius 3 is 2.48 bits per heavy atom. The standard InChI is InChI=1S/C20H23ClFN3OS/c1-2-26-17-6-4-16(5-7-17)23-20(27)25-11-9-24(10-12-25)14-15-3-8-19(22)18(21)13-15/h3-8,13H,2,9-12,14H2,1H3,(H,23,27). The highest BCUT2D eigenvalue weighted by molar-refractivity contribution is 7.80. The normalized spacial score (nSPS) is 14.9. The van der Waals surface area contributed by atoms with Crippen LogP contribution in [0.5, 0.6) is 5.75 Å². The van der Waals surface area contributed by atoms with Crippen molar-refractivity contribution < 1.29 is 9.13 Å². The molecule has 3 rings (SSSR count). The number of hydrogen-bond donors (Lipinski definition) is 1. The van der Waals surface area contributed by atoms with E-state index in [0.29, 0.717) is 6.61 Å². The van der Waals surface area contributed by atoms with Gasteiger partial charge in [-0.25, -0.2) is 4.39 Å². The van der Waals surface area contributed by atoms with Gasteiger partial charge in [0.15, 0.2) is 5.11 Å². The molecule has 0 atom stereocenters. The number of hydrogen-bond acceptors (Lipinski definition) is 3. The molecule has 1 aliphatic rings. The quantitative estimate of drug-likeness (QED) is 0.742. The second kappa shape index (κ2) is 9.35. The van der Waals surface area contributed by atoms with Gasteiger partial charge >= 0.3 is 0 Å². The van der Waals surface area contributed by atoms with E-state index in [0.717, 1.165) is 54.8 Å². The van der Waals surface area contributed by atoms with E-state index in [1.807, 2.05) is 31.2 Å². The fourth-order valence-electron chi connectivity index (χ4n) is 3.01. The smallest absolute Gasteiger partial charge is 0.173 e. The van der Waals surface area contributed by atoms with Crippen LogP contribution in [0.1, 0.15) is 12.5 Å². The third-order valence-electron chi connectivity index (χ3n) is 4.47. The summed E-state index contributed by atoms with van der Waals surface area (Å²) in [6.45, 7) is 6.84. The zero-order valence-electron chi connectivity index (χ0n) is 15.3. The number of thiocarbonyl (C=S) groups is 1. The second-order valence-corrected chi connectivity index (χ2v) is 7.19. The van der Waals surface area contributed by atoms with E-state index in [9.17, 15) is 4.39 Å². The van der Waals surface area contributed by atoms with Crippen LogP contribution < -0.4 is 10.1 Å². The van der Waals surface area contributed by atoms with Crippen molar-refractivity contribution >= 4 is 34.6 Å². The largest absolute Gasteiger partial charge is 0.494 e. The van der Waals surface area contributed by atoms with Crippen LogP contribution >= 0.6 is 23.8 Å². The lowest BCUT2D eigenvalue weighted by atomic mass is 10.2. The van der Waals surface area contributed by atoms with Gasteiger partial charge in [-0.05, 0) is 61.1 Å². The number of ether oxygens (including phenoxy) is 1. The molecule has 2 aromatic carbocycles. The number of benzene rings is 2. The van der Waals surface area contributed by atoms with Crippen LogP contribution in [0.3, 0.4) is 0 Å². The molecule has 0 saturated carbocycles. The Hall–Kier alpha value is -1.89. The molecule has 7 heteroatoms. The van der Waals surface area contributed by atoms with Gasteiger partial charge in [-0.1, -0.05) is 17.7 Å². The van der Waals surface area contributed by atoms with E-state index in [-0.39, 0.29) is 10.8 Å². The molecule has 0 bridgehead atoms. The average molecular weight is 408 g/mol. The van der Waals surface area contributed by atoms with Gasteiger partial charge in [0, 0.05) is 38.4 Å². The summed E-state index contributed by atoms with van der Waals surface area (Å²) in [6.07, 6.45) is 0. The number of piperazine rings is 1. The summed E-state index contributed by atoms with van der Waals surface area (Å²) >= 11 is 11.4. The maximum atomic E-state index is 13.3. The van der Waals surface area contributed by atoms with E-state index in [2.05, 4.69) is 15.1 Å². The van der Waals surface area contributed by atoms with Crippen LogP contribution in [-0.4, -0.2) is 47.7 Å². The van der Waals surface area contributed by atoms with E-state index in [1.54, 1.807) is 12.1 Å². The van der Waals surface area contributed by atoms with Crippen LogP contribution in [-0.2, 0) is 6.54 Å². The van der Waals surface area contributed by atoms with E-state index in [1.165, 1.54) is 6.07 Å². The summed E-state index contributed by atoms with van der Waals surface area (Å²) in [4.78, 5) is 4.49. The lowest BCUT2D eigenvalue weighted by molar-refractivity contribution is 0.177.